The lowest BCUT2D eigenvalue weighted by molar-refractivity contribution is -0.161. The highest BCUT2D eigenvalue weighted by molar-refractivity contribution is 7.47. The second-order valence-corrected chi connectivity index (χ2v) is 29.2. The molecular formula is C72H136O17P2. The van der Waals surface area contributed by atoms with Gasteiger partial charge in [0.1, 0.15) is 19.3 Å². The van der Waals surface area contributed by atoms with E-state index in [-0.39, 0.29) is 25.7 Å². The molecule has 19 heteroatoms. The van der Waals surface area contributed by atoms with E-state index < -0.39 is 97.5 Å². The van der Waals surface area contributed by atoms with Crippen LogP contribution in [0.4, 0.5) is 0 Å². The fraction of sp³-hybridized carbons (Fsp3) is 0.889. The fourth-order valence-electron chi connectivity index (χ4n) is 10.3. The van der Waals surface area contributed by atoms with Gasteiger partial charge in [0.2, 0.25) is 0 Å². The zero-order chi connectivity index (χ0) is 67.3. The number of ether oxygens (including phenoxy) is 4. The van der Waals surface area contributed by atoms with E-state index in [1.807, 2.05) is 0 Å². The Balaban J connectivity index is 5.31. The molecule has 3 N–H and O–H groups in total. The van der Waals surface area contributed by atoms with Gasteiger partial charge in [-0.25, -0.2) is 9.13 Å². The molecule has 17 nitrogen and oxygen atoms in total. The second kappa shape index (κ2) is 62.4. The van der Waals surface area contributed by atoms with Crippen LogP contribution in [-0.4, -0.2) is 96.7 Å². The molecule has 0 aromatic carbocycles. The Hall–Kier alpha value is -2.46. The molecule has 0 fully saturated rings. The van der Waals surface area contributed by atoms with Crippen LogP contribution in [0.25, 0.3) is 0 Å². The van der Waals surface area contributed by atoms with Crippen molar-refractivity contribution in [3.8, 4) is 0 Å². The summed E-state index contributed by atoms with van der Waals surface area (Å²) in [6.07, 6.45) is 49.3. The van der Waals surface area contributed by atoms with Crippen LogP contribution >= 0.6 is 15.6 Å². The summed E-state index contributed by atoms with van der Waals surface area (Å²) in [6, 6.07) is 0. The molecule has 0 aliphatic rings. The van der Waals surface area contributed by atoms with E-state index in [1.165, 1.54) is 128 Å². The number of carbonyl (C=O) groups is 4. The quantitative estimate of drug-likeness (QED) is 0.0169. The number of hydrogen-bond donors (Lipinski definition) is 3. The minimum Gasteiger partial charge on any atom is -0.462 e. The highest BCUT2D eigenvalue weighted by Gasteiger charge is 2.30. The van der Waals surface area contributed by atoms with Crippen LogP contribution in [0.3, 0.4) is 0 Å². The van der Waals surface area contributed by atoms with Crippen LogP contribution in [0.15, 0.2) is 24.3 Å². The van der Waals surface area contributed by atoms with E-state index in [2.05, 4.69) is 72.8 Å². The summed E-state index contributed by atoms with van der Waals surface area (Å²) < 4.78 is 68.3. The van der Waals surface area contributed by atoms with E-state index in [1.54, 1.807) is 0 Å². The van der Waals surface area contributed by atoms with Gasteiger partial charge in [0.05, 0.1) is 26.4 Å². The summed E-state index contributed by atoms with van der Waals surface area (Å²) >= 11 is 0. The lowest BCUT2D eigenvalue weighted by Gasteiger charge is -2.21. The van der Waals surface area contributed by atoms with Crippen molar-refractivity contribution in [2.24, 2.45) is 17.8 Å². The Labute approximate surface area is 554 Å². The Morgan fingerprint density at radius 1 is 0.363 bits per heavy atom. The topological polar surface area (TPSA) is 237 Å². The van der Waals surface area contributed by atoms with Crippen LogP contribution in [-0.2, 0) is 65.4 Å². The molecule has 0 radical (unpaired) electrons. The maximum Gasteiger partial charge on any atom is 0.472 e. The average Bonchev–Trinajstić information content (AvgIpc) is 3.38. The molecule has 0 spiro atoms. The molecule has 0 heterocycles. The monoisotopic (exact) mass is 1330 g/mol. The van der Waals surface area contributed by atoms with Gasteiger partial charge in [-0.2, -0.15) is 0 Å². The first kappa shape index (κ1) is 88.5. The van der Waals surface area contributed by atoms with Gasteiger partial charge in [0.25, 0.3) is 0 Å². The Kier molecular flexibility index (Phi) is 60.7. The zero-order valence-electron chi connectivity index (χ0n) is 58.8. The highest BCUT2D eigenvalue weighted by atomic mass is 31.2. The fourth-order valence-corrected chi connectivity index (χ4v) is 11.9. The van der Waals surface area contributed by atoms with Crippen LogP contribution in [0, 0.1) is 17.8 Å². The molecule has 0 bridgehead atoms. The van der Waals surface area contributed by atoms with Crippen LogP contribution in [0.5, 0.6) is 0 Å². The molecule has 0 saturated heterocycles. The number of allylic oxidation sites excluding steroid dienone is 4. The summed E-state index contributed by atoms with van der Waals surface area (Å²) in [4.78, 5) is 72.6. The maximum absolute atomic E-state index is 13.0. The molecule has 536 valence electrons. The molecule has 0 aromatic rings. The largest absolute Gasteiger partial charge is 0.472 e. The normalized spacial score (nSPS) is 14.9. The molecule has 0 saturated carbocycles. The predicted molar refractivity (Wildman–Crippen MR) is 367 cm³/mol. The van der Waals surface area contributed by atoms with E-state index in [0.717, 1.165) is 127 Å². The zero-order valence-corrected chi connectivity index (χ0v) is 60.6. The summed E-state index contributed by atoms with van der Waals surface area (Å²) in [5.41, 5.74) is 0. The third-order valence-corrected chi connectivity index (χ3v) is 18.6. The van der Waals surface area contributed by atoms with E-state index in [9.17, 15) is 43.2 Å². The van der Waals surface area contributed by atoms with Crippen molar-refractivity contribution in [2.45, 2.75) is 356 Å². The first-order valence-corrected chi connectivity index (χ1v) is 39.7. The number of unbranched alkanes of at least 4 members (excludes halogenated alkanes) is 31. The van der Waals surface area contributed by atoms with Crippen molar-refractivity contribution < 1.29 is 80.2 Å². The smallest absolute Gasteiger partial charge is 0.462 e. The van der Waals surface area contributed by atoms with Crippen LogP contribution in [0.2, 0.25) is 0 Å². The third-order valence-electron chi connectivity index (χ3n) is 16.7. The number of aliphatic hydroxyl groups is 1. The van der Waals surface area contributed by atoms with Crippen molar-refractivity contribution in [1.82, 2.24) is 0 Å². The molecule has 0 aliphatic heterocycles. The molecule has 7 atom stereocenters. The predicted octanol–water partition coefficient (Wildman–Crippen LogP) is 20.2. The van der Waals surface area contributed by atoms with Gasteiger partial charge in [-0.05, 0) is 69.1 Å². The van der Waals surface area contributed by atoms with E-state index in [4.69, 9.17) is 37.0 Å². The van der Waals surface area contributed by atoms with Crippen LogP contribution in [0.1, 0.15) is 337 Å². The second-order valence-electron chi connectivity index (χ2n) is 26.3. The lowest BCUT2D eigenvalue weighted by Crippen LogP contribution is -2.30. The van der Waals surface area contributed by atoms with Crippen molar-refractivity contribution in [3.63, 3.8) is 0 Å². The van der Waals surface area contributed by atoms with E-state index in [0.29, 0.717) is 25.7 Å². The summed E-state index contributed by atoms with van der Waals surface area (Å²) in [6.45, 7) is 11.8. The summed E-state index contributed by atoms with van der Waals surface area (Å²) in [5.74, 6) is 0.112. The number of phosphoric ester groups is 2. The molecule has 91 heavy (non-hydrogen) atoms. The average molecular weight is 1340 g/mol. The number of rotatable bonds is 68. The number of hydrogen-bond acceptors (Lipinski definition) is 15. The lowest BCUT2D eigenvalue weighted by atomic mass is 9.99. The Morgan fingerprint density at radius 2 is 0.648 bits per heavy atom. The van der Waals surface area contributed by atoms with E-state index >= 15 is 0 Å². The standard InChI is InChI=1S/C72H136O17P2/c1-8-11-12-13-14-15-16-17-18-19-22-25-32-41-48-55-71(76)88-67(59-82-69(74)53-46-39-31-28-27-30-37-44-51-64(6)9-2)61-86-90(78,79)84-57-66(73)58-85-91(80,81)87-62-68(60-83-70(75)54-47-40-35-34-38-45-52-65(7)10-3)89-72(77)56-49-42-33-26-23-20-21-24-29-36-43-50-63(4)5/h15-18,63-68,73H,8-14,19-62H2,1-7H3,(H,78,79)(H,80,81)/b16-15-,18-17-/t64?,65?,66-,67-,68-/m1/s1. The summed E-state index contributed by atoms with van der Waals surface area (Å²) in [7, 11) is -9.92. The first-order valence-electron chi connectivity index (χ1n) is 36.7. The maximum atomic E-state index is 13.0. The Morgan fingerprint density at radius 3 is 0.978 bits per heavy atom. The first-order chi connectivity index (χ1) is 43.8. The van der Waals surface area contributed by atoms with Gasteiger partial charge < -0.3 is 33.8 Å². The number of esters is 4. The molecule has 0 aliphatic carbocycles. The molecule has 0 amide bonds. The van der Waals surface area contributed by atoms with Crippen molar-refractivity contribution in [2.75, 3.05) is 39.6 Å². The SMILES string of the molecule is CCCCCC/C=C\C=C/CCCCCCCC(=O)O[C@H](COC(=O)CCCCCCCCCCC(C)CC)COP(=O)(O)OC[C@@H](O)COP(=O)(O)OC[C@@H](COC(=O)CCCCCCCCC(C)CC)OC(=O)CCCCCCCCCCCCCC(C)C. The number of carbonyl (C=O) groups excluding carboxylic acids is 4. The van der Waals surface area contributed by atoms with Gasteiger partial charge >= 0.3 is 39.5 Å². The highest BCUT2D eigenvalue weighted by Crippen LogP contribution is 2.45. The number of phosphoric acid groups is 2. The van der Waals surface area contributed by atoms with Gasteiger partial charge in [-0.1, -0.05) is 285 Å². The van der Waals surface area contributed by atoms with Gasteiger partial charge in [0.15, 0.2) is 12.2 Å². The Bertz CT molecular complexity index is 1880. The number of aliphatic hydroxyl groups excluding tert-OH is 1. The van der Waals surface area contributed by atoms with Gasteiger partial charge in [0, 0.05) is 25.7 Å². The molecular weight excluding hydrogens is 1200 g/mol. The summed E-state index contributed by atoms with van der Waals surface area (Å²) in [5, 5.41) is 10.6. The molecule has 4 unspecified atom stereocenters. The third kappa shape index (κ3) is 63.4. The molecule has 0 aromatic heterocycles. The van der Waals surface area contributed by atoms with Crippen LogP contribution < -0.4 is 0 Å². The van der Waals surface area contributed by atoms with Gasteiger partial charge in [-0.3, -0.25) is 37.3 Å². The minimum atomic E-state index is -4.96. The minimum absolute atomic E-state index is 0.0840. The molecule has 0 rings (SSSR count). The van der Waals surface area contributed by atoms with Crippen molar-refractivity contribution in [3.05, 3.63) is 24.3 Å². The van der Waals surface area contributed by atoms with Gasteiger partial charge in [-0.15, -0.1) is 0 Å². The van der Waals surface area contributed by atoms with Crippen molar-refractivity contribution >= 4 is 39.5 Å². The van der Waals surface area contributed by atoms with Crippen molar-refractivity contribution in [1.29, 1.82) is 0 Å².